The molecule has 0 unspecified atom stereocenters. The Morgan fingerprint density at radius 2 is 1.38 bits per heavy atom. The second kappa shape index (κ2) is 10.2. The third-order valence-electron chi connectivity index (χ3n) is 3.31. The van der Waals surface area contributed by atoms with Crippen LogP contribution >= 0.6 is 0 Å². The van der Waals surface area contributed by atoms with Crippen molar-refractivity contribution in [2.24, 2.45) is 0 Å². The van der Waals surface area contributed by atoms with Gasteiger partial charge in [-0.05, 0) is 24.1 Å². The smallest absolute Gasteiger partial charge is 0.339 e. The summed E-state index contributed by atoms with van der Waals surface area (Å²) in [4.78, 5) is 24.3. The van der Waals surface area contributed by atoms with Gasteiger partial charge in [-0.15, -0.1) is 0 Å². The monoisotopic (exact) mass is 324 g/mol. The van der Waals surface area contributed by atoms with Gasteiger partial charge in [-0.1, -0.05) is 55.8 Å². The molecule has 0 spiro atoms. The molecule has 2 aromatic carbocycles. The first-order chi connectivity index (χ1) is 11.2. The van der Waals surface area contributed by atoms with Gasteiger partial charge in [-0.25, -0.2) is 9.59 Å². The molecule has 0 atom stereocenters. The molecule has 4 nitrogen and oxygen atoms in total. The van der Waals surface area contributed by atoms with Crippen molar-refractivity contribution < 1.29 is 19.1 Å². The highest BCUT2D eigenvalue weighted by atomic mass is 16.5. The van der Waals surface area contributed by atoms with Gasteiger partial charge in [0.1, 0.15) is 6.61 Å². The molecule has 0 fully saturated rings. The molecule has 0 aliphatic heterocycles. The van der Waals surface area contributed by atoms with E-state index in [1.807, 2.05) is 37.3 Å². The van der Waals surface area contributed by atoms with Crippen molar-refractivity contribution in [2.75, 3.05) is 6.61 Å². The predicted molar refractivity (Wildman–Crippen MR) is 90.4 cm³/mol. The molecule has 124 valence electrons. The van der Waals surface area contributed by atoms with Crippen molar-refractivity contribution in [3.8, 4) is 0 Å². The maximum atomic E-state index is 12.2. The summed E-state index contributed by atoms with van der Waals surface area (Å²) in [6.45, 7) is 2.53. The van der Waals surface area contributed by atoms with Gasteiger partial charge < -0.3 is 9.47 Å². The molecule has 2 aromatic rings. The Labute approximate surface area is 143 Å². The summed E-state index contributed by atoms with van der Waals surface area (Å²) in [6.07, 6.45) is 1.74. The van der Waals surface area contributed by atoms with Crippen LogP contribution in [0.25, 0.3) is 0 Å². The zero-order valence-electron chi connectivity index (χ0n) is 13.7. The Bertz CT molecular complexity index is 650. The van der Waals surface area contributed by atoms with Crippen molar-refractivity contribution in [1.82, 2.24) is 0 Å². The zero-order chi connectivity index (χ0) is 16.5. The fourth-order valence-electron chi connectivity index (χ4n) is 2.03. The van der Waals surface area contributed by atoms with E-state index in [2.05, 4.69) is 0 Å². The Kier molecular flexibility index (Phi) is 8.26. The van der Waals surface area contributed by atoms with E-state index in [0.717, 1.165) is 18.4 Å². The number of rotatable bonds is 7. The zero-order valence-corrected chi connectivity index (χ0v) is 13.7. The number of carbonyl (C=O) groups excluding carboxylic acids is 2. The van der Waals surface area contributed by atoms with E-state index in [4.69, 9.17) is 9.47 Å². The third kappa shape index (κ3) is 5.54. The second-order valence-electron chi connectivity index (χ2n) is 5.10. The first-order valence-electron chi connectivity index (χ1n) is 7.69. The molecule has 0 aromatic heterocycles. The minimum Gasteiger partial charge on any atom is -0.462 e. The molecule has 0 aliphatic rings. The number of benzene rings is 2. The van der Waals surface area contributed by atoms with Crippen LogP contribution in [0.4, 0.5) is 0 Å². The number of ether oxygens (including phenoxy) is 2. The quantitative estimate of drug-likeness (QED) is 0.569. The van der Waals surface area contributed by atoms with Crippen LogP contribution in [0.15, 0.2) is 54.6 Å². The predicted octanol–water partition coefficient (Wildman–Crippen LogP) is 4.08. The van der Waals surface area contributed by atoms with Gasteiger partial charge in [0.25, 0.3) is 0 Å². The third-order valence-corrected chi connectivity index (χ3v) is 3.31. The second-order valence-corrected chi connectivity index (χ2v) is 5.10. The van der Waals surface area contributed by atoms with E-state index < -0.39 is 11.9 Å². The molecule has 2 rings (SSSR count). The van der Waals surface area contributed by atoms with Crippen LogP contribution in [0.1, 0.15) is 46.0 Å². The van der Waals surface area contributed by atoms with E-state index in [9.17, 15) is 9.59 Å². The summed E-state index contributed by atoms with van der Waals surface area (Å²) >= 11 is 0. The van der Waals surface area contributed by atoms with Gasteiger partial charge in [-0.2, -0.15) is 0 Å². The fraction of sp³-hybridized carbons (Fsp3) is 0.250. The van der Waals surface area contributed by atoms with Crippen LogP contribution in [0.5, 0.6) is 0 Å². The van der Waals surface area contributed by atoms with Crippen molar-refractivity contribution in [3.63, 3.8) is 0 Å². The van der Waals surface area contributed by atoms with Crippen LogP contribution in [0, 0.1) is 7.43 Å². The Balaban J connectivity index is 0.00000288. The van der Waals surface area contributed by atoms with Crippen LogP contribution in [0.2, 0.25) is 0 Å². The van der Waals surface area contributed by atoms with E-state index in [1.165, 1.54) is 0 Å². The highest BCUT2D eigenvalue weighted by Crippen LogP contribution is 2.13. The van der Waals surface area contributed by atoms with Crippen LogP contribution in [-0.4, -0.2) is 18.5 Å². The van der Waals surface area contributed by atoms with Gasteiger partial charge >= 0.3 is 11.9 Å². The van der Waals surface area contributed by atoms with Crippen LogP contribution in [0.3, 0.4) is 0 Å². The molecule has 0 bridgehead atoms. The van der Waals surface area contributed by atoms with E-state index in [1.54, 1.807) is 24.3 Å². The van der Waals surface area contributed by atoms with E-state index in [0.29, 0.717) is 6.61 Å². The molecule has 0 N–H and O–H groups in total. The van der Waals surface area contributed by atoms with Crippen molar-refractivity contribution in [3.05, 3.63) is 78.7 Å². The minimum absolute atomic E-state index is 0. The SMILES string of the molecule is CCCCOC(=O)c1ccccc1C(=O)OCc1ccccc1.[C]. The molecule has 0 saturated carbocycles. The first-order valence-corrected chi connectivity index (χ1v) is 7.69. The largest absolute Gasteiger partial charge is 0.462 e. The molecule has 4 radical (unpaired) electrons. The summed E-state index contributed by atoms with van der Waals surface area (Å²) in [5, 5.41) is 0. The highest BCUT2D eigenvalue weighted by molar-refractivity contribution is 6.03. The lowest BCUT2D eigenvalue weighted by atomic mass is 10.1. The van der Waals surface area contributed by atoms with E-state index >= 15 is 0 Å². The topological polar surface area (TPSA) is 52.6 Å². The summed E-state index contributed by atoms with van der Waals surface area (Å²) in [5.41, 5.74) is 1.36. The van der Waals surface area contributed by atoms with Gasteiger partial charge in [0, 0.05) is 7.43 Å². The van der Waals surface area contributed by atoms with Crippen LogP contribution < -0.4 is 0 Å². The van der Waals surface area contributed by atoms with Crippen LogP contribution in [-0.2, 0) is 16.1 Å². The number of hydrogen-bond acceptors (Lipinski definition) is 4. The normalized spacial score (nSPS) is 9.71. The Morgan fingerprint density at radius 3 is 1.96 bits per heavy atom. The molecule has 24 heavy (non-hydrogen) atoms. The molecule has 0 heterocycles. The van der Waals surface area contributed by atoms with Crippen molar-refractivity contribution in [2.45, 2.75) is 26.4 Å². The standard InChI is InChI=1S/C19H20O4.C/c1-2-3-13-22-18(20)16-11-7-8-12-17(16)19(21)23-14-15-9-5-4-6-10-15;/h4-12H,2-3,13-14H2,1H3;. The summed E-state index contributed by atoms with van der Waals surface area (Å²) in [6, 6.07) is 15.9. The van der Waals surface area contributed by atoms with Gasteiger partial charge in [0.15, 0.2) is 0 Å². The maximum absolute atomic E-state index is 12.2. The molecule has 0 amide bonds. The summed E-state index contributed by atoms with van der Waals surface area (Å²) < 4.78 is 10.5. The molecule has 4 heteroatoms. The summed E-state index contributed by atoms with van der Waals surface area (Å²) in [7, 11) is 0. The minimum atomic E-state index is -0.531. The average molecular weight is 324 g/mol. The average Bonchev–Trinajstić information content (AvgIpc) is 2.60. The Morgan fingerprint density at radius 1 is 0.833 bits per heavy atom. The lowest BCUT2D eigenvalue weighted by Gasteiger charge is -2.09. The van der Waals surface area contributed by atoms with Crippen molar-refractivity contribution in [1.29, 1.82) is 0 Å². The number of esters is 2. The van der Waals surface area contributed by atoms with E-state index in [-0.39, 0.29) is 25.2 Å². The highest BCUT2D eigenvalue weighted by Gasteiger charge is 2.18. The Hall–Kier alpha value is -2.62. The lowest BCUT2D eigenvalue weighted by Crippen LogP contribution is -2.14. The first kappa shape index (κ1) is 19.4. The molecular formula is C20H20O4. The van der Waals surface area contributed by atoms with Gasteiger partial charge in [0.2, 0.25) is 0 Å². The summed E-state index contributed by atoms with van der Waals surface area (Å²) in [5.74, 6) is -1.03. The lowest BCUT2D eigenvalue weighted by molar-refractivity contribution is 0.0437. The number of carbonyl (C=O) groups is 2. The number of unbranched alkanes of at least 4 members (excludes halogenated alkanes) is 1. The number of hydrogen-bond donors (Lipinski definition) is 0. The fourth-order valence-corrected chi connectivity index (χ4v) is 2.03. The molecule has 0 aliphatic carbocycles. The van der Waals surface area contributed by atoms with Crippen molar-refractivity contribution >= 4 is 11.9 Å². The molecular weight excluding hydrogens is 304 g/mol. The maximum Gasteiger partial charge on any atom is 0.339 e. The molecule has 0 saturated heterocycles. The van der Waals surface area contributed by atoms with Gasteiger partial charge in [-0.3, -0.25) is 0 Å². The van der Waals surface area contributed by atoms with Gasteiger partial charge in [0.05, 0.1) is 17.7 Å².